The molecular formula is C18H18F2N2O3. The first kappa shape index (κ1) is 18.5. The largest absolute Gasteiger partial charge is 0.380 e. The fourth-order valence-corrected chi connectivity index (χ4v) is 2.27. The smallest absolute Gasteiger partial charge is 0.257 e. The number of rotatable bonds is 7. The summed E-state index contributed by atoms with van der Waals surface area (Å²) in [5.41, 5.74) is 0.565. The van der Waals surface area contributed by atoms with E-state index in [1.807, 2.05) is 0 Å². The van der Waals surface area contributed by atoms with Crippen LogP contribution in [0.5, 0.6) is 0 Å². The second kappa shape index (κ2) is 8.89. The Morgan fingerprint density at radius 1 is 0.920 bits per heavy atom. The molecule has 132 valence electrons. The van der Waals surface area contributed by atoms with Gasteiger partial charge in [-0.2, -0.15) is 0 Å². The Hall–Kier alpha value is -2.80. The molecule has 0 unspecified atom stereocenters. The maximum absolute atomic E-state index is 13.5. The van der Waals surface area contributed by atoms with E-state index in [1.54, 1.807) is 24.3 Å². The fourth-order valence-electron chi connectivity index (χ4n) is 2.27. The minimum Gasteiger partial charge on any atom is -0.380 e. The van der Waals surface area contributed by atoms with Crippen molar-refractivity contribution < 1.29 is 23.1 Å². The molecule has 0 atom stereocenters. The van der Waals surface area contributed by atoms with E-state index in [4.69, 9.17) is 4.74 Å². The van der Waals surface area contributed by atoms with E-state index in [9.17, 15) is 18.4 Å². The summed E-state index contributed by atoms with van der Waals surface area (Å²) >= 11 is 0. The SMILES string of the molecule is COCc1ccccc1C(=O)NCCNC(=O)c1c(F)cccc1F. The highest BCUT2D eigenvalue weighted by atomic mass is 19.1. The van der Waals surface area contributed by atoms with Crippen molar-refractivity contribution in [3.8, 4) is 0 Å². The maximum Gasteiger partial charge on any atom is 0.257 e. The minimum atomic E-state index is -0.935. The number of nitrogens with one attached hydrogen (secondary N) is 2. The van der Waals surface area contributed by atoms with E-state index in [0.29, 0.717) is 12.2 Å². The number of benzene rings is 2. The first-order chi connectivity index (χ1) is 12.0. The van der Waals surface area contributed by atoms with Crippen molar-refractivity contribution in [3.05, 3.63) is 70.8 Å². The van der Waals surface area contributed by atoms with Gasteiger partial charge in [0.25, 0.3) is 11.8 Å². The molecule has 7 heteroatoms. The molecule has 2 aromatic carbocycles. The third-order valence-electron chi connectivity index (χ3n) is 3.45. The number of ether oxygens (including phenoxy) is 1. The summed E-state index contributed by atoms with van der Waals surface area (Å²) in [5.74, 6) is -3.06. The molecule has 0 aliphatic rings. The van der Waals surface area contributed by atoms with Crippen LogP contribution in [0.1, 0.15) is 26.3 Å². The van der Waals surface area contributed by atoms with Gasteiger partial charge in [0.1, 0.15) is 17.2 Å². The summed E-state index contributed by atoms with van der Waals surface area (Å²) in [6.45, 7) is 0.444. The first-order valence-electron chi connectivity index (χ1n) is 7.62. The topological polar surface area (TPSA) is 67.4 Å². The number of carbonyl (C=O) groups excluding carboxylic acids is 2. The number of hydrogen-bond acceptors (Lipinski definition) is 3. The standard InChI is InChI=1S/C18H18F2N2O3/c1-25-11-12-5-2-3-6-13(12)17(23)21-9-10-22-18(24)16-14(19)7-4-8-15(16)20/h2-8H,9-11H2,1H3,(H,21,23)(H,22,24). The predicted molar refractivity (Wildman–Crippen MR) is 88.2 cm³/mol. The molecule has 0 aliphatic carbocycles. The predicted octanol–water partition coefficient (Wildman–Crippen LogP) is 2.27. The highest BCUT2D eigenvalue weighted by molar-refractivity contribution is 5.96. The number of halogens is 2. The zero-order valence-corrected chi connectivity index (χ0v) is 13.6. The van der Waals surface area contributed by atoms with Crippen molar-refractivity contribution in [1.29, 1.82) is 0 Å². The monoisotopic (exact) mass is 348 g/mol. The maximum atomic E-state index is 13.5. The van der Waals surface area contributed by atoms with Gasteiger partial charge in [-0.15, -0.1) is 0 Å². The minimum absolute atomic E-state index is 0.0325. The fraction of sp³-hybridized carbons (Fsp3) is 0.222. The molecule has 2 rings (SSSR count). The molecule has 0 bridgehead atoms. The number of hydrogen-bond donors (Lipinski definition) is 2. The van der Waals surface area contributed by atoms with Crippen LogP contribution in [0, 0.1) is 11.6 Å². The van der Waals surface area contributed by atoms with E-state index >= 15 is 0 Å². The molecule has 5 nitrogen and oxygen atoms in total. The average Bonchev–Trinajstić information content (AvgIpc) is 2.59. The van der Waals surface area contributed by atoms with Gasteiger partial charge < -0.3 is 15.4 Å². The van der Waals surface area contributed by atoms with Crippen molar-refractivity contribution in [3.63, 3.8) is 0 Å². The van der Waals surface area contributed by atoms with E-state index in [2.05, 4.69) is 10.6 Å². The molecule has 0 saturated heterocycles. The third-order valence-corrected chi connectivity index (χ3v) is 3.45. The quantitative estimate of drug-likeness (QED) is 0.755. The molecule has 2 N–H and O–H groups in total. The van der Waals surface area contributed by atoms with Crippen LogP contribution in [0.4, 0.5) is 8.78 Å². The van der Waals surface area contributed by atoms with Gasteiger partial charge in [-0.1, -0.05) is 24.3 Å². The van der Waals surface area contributed by atoms with Crippen molar-refractivity contribution in [1.82, 2.24) is 10.6 Å². The van der Waals surface area contributed by atoms with Crippen LogP contribution >= 0.6 is 0 Å². The van der Waals surface area contributed by atoms with Crippen LogP contribution in [-0.4, -0.2) is 32.0 Å². The van der Waals surface area contributed by atoms with Crippen molar-refractivity contribution in [2.75, 3.05) is 20.2 Å². The van der Waals surface area contributed by atoms with Crippen molar-refractivity contribution in [2.24, 2.45) is 0 Å². The van der Waals surface area contributed by atoms with E-state index < -0.39 is 23.1 Å². The summed E-state index contributed by atoms with van der Waals surface area (Å²) in [5, 5.41) is 5.01. The molecular weight excluding hydrogens is 330 g/mol. The van der Waals surface area contributed by atoms with Crippen LogP contribution in [0.3, 0.4) is 0 Å². The van der Waals surface area contributed by atoms with Crippen molar-refractivity contribution >= 4 is 11.8 Å². The van der Waals surface area contributed by atoms with Crippen LogP contribution in [0.2, 0.25) is 0 Å². The van der Waals surface area contributed by atoms with Gasteiger partial charge in [-0.25, -0.2) is 8.78 Å². The van der Waals surface area contributed by atoms with Gasteiger partial charge in [0.05, 0.1) is 6.61 Å². The lowest BCUT2D eigenvalue weighted by Crippen LogP contribution is -2.35. The molecule has 0 aliphatic heterocycles. The van der Waals surface area contributed by atoms with Crippen molar-refractivity contribution in [2.45, 2.75) is 6.61 Å². The lowest BCUT2D eigenvalue weighted by Gasteiger charge is -2.10. The second-order valence-corrected chi connectivity index (χ2v) is 5.20. The summed E-state index contributed by atoms with van der Waals surface area (Å²) in [4.78, 5) is 24.0. The Bertz CT molecular complexity index is 745. The molecule has 0 heterocycles. The summed E-state index contributed by atoms with van der Waals surface area (Å²) in [7, 11) is 1.53. The molecule has 0 spiro atoms. The van der Waals surface area contributed by atoms with Crippen LogP contribution in [-0.2, 0) is 11.3 Å². The Kier molecular flexibility index (Phi) is 6.59. The Morgan fingerprint density at radius 2 is 1.52 bits per heavy atom. The Morgan fingerprint density at radius 3 is 2.16 bits per heavy atom. The Balaban J connectivity index is 1.87. The van der Waals surface area contributed by atoms with Crippen LogP contribution < -0.4 is 10.6 Å². The number of amides is 2. The van der Waals surface area contributed by atoms with Gasteiger partial charge in [-0.3, -0.25) is 9.59 Å². The molecule has 0 radical (unpaired) electrons. The lowest BCUT2D eigenvalue weighted by atomic mass is 10.1. The second-order valence-electron chi connectivity index (χ2n) is 5.20. The summed E-state index contributed by atoms with van der Waals surface area (Å²) in [6.07, 6.45) is 0. The van der Waals surface area contributed by atoms with Gasteiger partial charge in [0.2, 0.25) is 0 Å². The normalized spacial score (nSPS) is 10.4. The van der Waals surface area contributed by atoms with E-state index in [1.165, 1.54) is 13.2 Å². The summed E-state index contributed by atoms with van der Waals surface area (Å²) < 4.78 is 32.0. The number of methoxy groups -OCH3 is 1. The highest BCUT2D eigenvalue weighted by Gasteiger charge is 2.16. The van der Waals surface area contributed by atoms with Gasteiger partial charge >= 0.3 is 0 Å². The first-order valence-corrected chi connectivity index (χ1v) is 7.62. The molecule has 0 fully saturated rings. The van der Waals surface area contributed by atoms with Crippen LogP contribution in [0.15, 0.2) is 42.5 Å². The molecule has 0 aromatic heterocycles. The lowest BCUT2D eigenvalue weighted by molar-refractivity contribution is 0.0920. The van der Waals surface area contributed by atoms with E-state index in [-0.39, 0.29) is 19.0 Å². The average molecular weight is 348 g/mol. The third kappa shape index (κ3) is 4.84. The molecule has 25 heavy (non-hydrogen) atoms. The Labute approximate surface area is 144 Å². The zero-order chi connectivity index (χ0) is 18.2. The molecule has 2 amide bonds. The molecule has 2 aromatic rings. The highest BCUT2D eigenvalue weighted by Crippen LogP contribution is 2.11. The van der Waals surface area contributed by atoms with Crippen LogP contribution in [0.25, 0.3) is 0 Å². The summed E-state index contributed by atoms with van der Waals surface area (Å²) in [6, 6.07) is 10.2. The van der Waals surface area contributed by atoms with Gasteiger partial charge in [0.15, 0.2) is 0 Å². The zero-order valence-electron chi connectivity index (χ0n) is 13.6. The number of carbonyl (C=O) groups is 2. The van der Waals surface area contributed by atoms with E-state index in [0.717, 1.165) is 17.7 Å². The van der Waals surface area contributed by atoms with Gasteiger partial charge in [-0.05, 0) is 23.8 Å². The molecule has 0 saturated carbocycles. The van der Waals surface area contributed by atoms with Gasteiger partial charge in [0, 0.05) is 25.8 Å².